The minimum atomic E-state index is -2.95. The molecule has 1 amide bonds. The lowest BCUT2D eigenvalue weighted by atomic mass is 10.1. The predicted molar refractivity (Wildman–Crippen MR) is 106 cm³/mol. The number of H-pyrrole nitrogens is 1. The Kier molecular flexibility index (Phi) is 6.25. The third kappa shape index (κ3) is 4.87. The number of benzene rings is 2. The van der Waals surface area contributed by atoms with Crippen molar-refractivity contribution in [3.8, 4) is 17.0 Å². The van der Waals surface area contributed by atoms with Crippen molar-refractivity contribution in [2.75, 3.05) is 5.32 Å². The maximum Gasteiger partial charge on any atom is 0.387 e. The molecular formula is C21H13F6N5O2. The van der Waals surface area contributed by atoms with Gasteiger partial charge < -0.3 is 10.1 Å². The van der Waals surface area contributed by atoms with Gasteiger partial charge in [0.1, 0.15) is 17.3 Å². The van der Waals surface area contributed by atoms with Gasteiger partial charge in [0.05, 0.1) is 24.1 Å². The van der Waals surface area contributed by atoms with E-state index in [2.05, 4.69) is 25.3 Å². The molecule has 0 spiro atoms. The van der Waals surface area contributed by atoms with Crippen LogP contribution in [0.5, 0.6) is 5.75 Å². The van der Waals surface area contributed by atoms with Gasteiger partial charge in [0.2, 0.25) is 0 Å². The summed E-state index contributed by atoms with van der Waals surface area (Å²) in [5, 5.41) is 12.8. The highest BCUT2D eigenvalue weighted by atomic mass is 19.3. The molecule has 4 rings (SSSR count). The van der Waals surface area contributed by atoms with Crippen molar-refractivity contribution in [3.63, 3.8) is 0 Å². The summed E-state index contributed by atoms with van der Waals surface area (Å²) in [6, 6.07) is 7.25. The van der Waals surface area contributed by atoms with E-state index < -0.39 is 47.9 Å². The van der Waals surface area contributed by atoms with E-state index in [9.17, 15) is 31.1 Å². The highest BCUT2D eigenvalue weighted by Crippen LogP contribution is 2.23. The van der Waals surface area contributed by atoms with Crippen LogP contribution in [0.15, 0.2) is 48.8 Å². The summed E-state index contributed by atoms with van der Waals surface area (Å²) in [5.41, 5.74) is 0.350. The molecule has 13 heteroatoms. The summed E-state index contributed by atoms with van der Waals surface area (Å²) in [5.74, 6) is -7.06. The Bertz CT molecular complexity index is 1340. The van der Waals surface area contributed by atoms with Crippen LogP contribution in [0.2, 0.25) is 0 Å². The average molecular weight is 481 g/mol. The number of halogens is 6. The molecule has 2 N–H and O–H groups in total. The summed E-state index contributed by atoms with van der Waals surface area (Å²) in [4.78, 5) is 12.5. The number of nitrogens with zero attached hydrogens (tertiary/aromatic N) is 3. The Labute approximate surface area is 187 Å². The van der Waals surface area contributed by atoms with E-state index in [0.717, 1.165) is 4.68 Å². The molecule has 0 saturated carbocycles. The number of carbonyl (C=O) groups excluding carboxylic acids is 1. The highest BCUT2D eigenvalue weighted by Gasteiger charge is 2.20. The van der Waals surface area contributed by atoms with E-state index in [4.69, 9.17) is 0 Å². The molecule has 0 saturated heterocycles. The molecule has 0 radical (unpaired) electrons. The molecule has 4 aromatic rings. The van der Waals surface area contributed by atoms with Crippen LogP contribution in [0, 0.1) is 23.3 Å². The number of anilines is 1. The Balaban J connectivity index is 1.43. The standard InChI is InChI=1S/C21H13F6N5O2/c22-14-5-15(23)19(25)18(24)13(14)9-32-8-11(7-28-32)29-20(33)17-6-16(30-31-17)10-1-3-12(4-2-10)34-21(26)27/h1-8,21H,9H2,(H,29,33)(H,30,31). The Morgan fingerprint density at radius 1 is 1.06 bits per heavy atom. The highest BCUT2D eigenvalue weighted by molar-refractivity contribution is 6.03. The Morgan fingerprint density at radius 3 is 2.50 bits per heavy atom. The zero-order valence-electron chi connectivity index (χ0n) is 16.8. The fourth-order valence-corrected chi connectivity index (χ4v) is 3.02. The first-order chi connectivity index (χ1) is 16.2. The molecule has 0 atom stereocenters. The van der Waals surface area contributed by atoms with E-state index in [1.807, 2.05) is 0 Å². The molecule has 0 aliphatic carbocycles. The van der Waals surface area contributed by atoms with Gasteiger partial charge in [0, 0.05) is 23.4 Å². The minimum Gasteiger partial charge on any atom is -0.435 e. The number of alkyl halides is 2. The second-order valence-electron chi connectivity index (χ2n) is 6.90. The zero-order valence-corrected chi connectivity index (χ0v) is 16.8. The van der Waals surface area contributed by atoms with E-state index in [0.29, 0.717) is 11.3 Å². The van der Waals surface area contributed by atoms with Gasteiger partial charge in [-0.05, 0) is 30.3 Å². The number of hydrogen-bond donors (Lipinski definition) is 2. The van der Waals surface area contributed by atoms with Gasteiger partial charge in [-0.3, -0.25) is 14.6 Å². The van der Waals surface area contributed by atoms with Crippen molar-refractivity contribution in [3.05, 3.63) is 83.3 Å². The molecular weight excluding hydrogens is 468 g/mol. The van der Waals surface area contributed by atoms with Gasteiger partial charge in [0.15, 0.2) is 17.5 Å². The third-order valence-corrected chi connectivity index (χ3v) is 4.62. The molecule has 0 aliphatic heterocycles. The molecule has 0 unspecified atom stereocenters. The molecule has 0 fully saturated rings. The number of rotatable bonds is 7. The van der Waals surface area contributed by atoms with Crippen molar-refractivity contribution >= 4 is 11.6 Å². The molecule has 2 heterocycles. The fraction of sp³-hybridized carbons (Fsp3) is 0.0952. The summed E-state index contributed by atoms with van der Waals surface area (Å²) >= 11 is 0. The molecule has 0 bridgehead atoms. The normalized spacial score (nSPS) is 11.1. The van der Waals surface area contributed by atoms with Crippen LogP contribution in [-0.4, -0.2) is 32.5 Å². The first-order valence-electron chi connectivity index (χ1n) is 9.47. The first kappa shape index (κ1) is 22.9. The van der Waals surface area contributed by atoms with Crippen LogP contribution in [0.25, 0.3) is 11.3 Å². The van der Waals surface area contributed by atoms with E-state index in [-0.39, 0.29) is 23.2 Å². The topological polar surface area (TPSA) is 84.8 Å². The smallest absolute Gasteiger partial charge is 0.387 e. The van der Waals surface area contributed by atoms with Crippen LogP contribution in [0.4, 0.5) is 32.0 Å². The van der Waals surface area contributed by atoms with Crippen molar-refractivity contribution in [2.24, 2.45) is 0 Å². The monoisotopic (exact) mass is 481 g/mol. The van der Waals surface area contributed by atoms with Crippen LogP contribution < -0.4 is 10.1 Å². The molecule has 2 aromatic carbocycles. The van der Waals surface area contributed by atoms with Crippen molar-refractivity contribution in [1.82, 2.24) is 20.0 Å². The van der Waals surface area contributed by atoms with Crippen molar-refractivity contribution in [2.45, 2.75) is 13.2 Å². The molecule has 176 valence electrons. The number of aromatic amines is 1. The van der Waals surface area contributed by atoms with Gasteiger partial charge in [-0.15, -0.1) is 0 Å². The van der Waals surface area contributed by atoms with Crippen LogP contribution in [0.1, 0.15) is 16.1 Å². The van der Waals surface area contributed by atoms with E-state index >= 15 is 0 Å². The quantitative estimate of drug-likeness (QED) is 0.227. The Hall–Kier alpha value is -4.29. The molecule has 7 nitrogen and oxygen atoms in total. The van der Waals surface area contributed by atoms with Gasteiger partial charge in [0.25, 0.3) is 5.91 Å². The largest absolute Gasteiger partial charge is 0.435 e. The lowest BCUT2D eigenvalue weighted by Crippen LogP contribution is -2.12. The van der Waals surface area contributed by atoms with Crippen LogP contribution >= 0.6 is 0 Å². The molecule has 0 aliphatic rings. The average Bonchev–Trinajstić information content (AvgIpc) is 3.45. The number of nitrogens with one attached hydrogen (secondary N) is 2. The second kappa shape index (κ2) is 9.29. The maximum atomic E-state index is 13.9. The number of hydrogen-bond acceptors (Lipinski definition) is 4. The summed E-state index contributed by atoms with van der Waals surface area (Å²) in [7, 11) is 0. The van der Waals surface area contributed by atoms with Gasteiger partial charge in [-0.25, -0.2) is 17.6 Å². The van der Waals surface area contributed by atoms with Crippen molar-refractivity contribution < 1.29 is 35.9 Å². The second-order valence-corrected chi connectivity index (χ2v) is 6.90. The predicted octanol–water partition coefficient (Wildman–Crippen LogP) is 4.73. The van der Waals surface area contributed by atoms with Crippen molar-refractivity contribution in [1.29, 1.82) is 0 Å². The summed E-state index contributed by atoms with van der Waals surface area (Å²) < 4.78 is 83.9. The summed E-state index contributed by atoms with van der Waals surface area (Å²) in [6.07, 6.45) is 2.42. The van der Waals surface area contributed by atoms with Gasteiger partial charge >= 0.3 is 6.61 Å². The SMILES string of the molecule is O=C(Nc1cnn(Cc2c(F)cc(F)c(F)c2F)c1)c1cc(-c2ccc(OC(F)F)cc2)n[nH]1. The number of ether oxygens (including phenoxy) is 1. The number of amides is 1. The maximum absolute atomic E-state index is 13.9. The lowest BCUT2D eigenvalue weighted by molar-refractivity contribution is -0.0498. The minimum absolute atomic E-state index is 0.0348. The van der Waals surface area contributed by atoms with Gasteiger partial charge in [-0.2, -0.15) is 19.0 Å². The molecule has 34 heavy (non-hydrogen) atoms. The van der Waals surface area contributed by atoms with Crippen LogP contribution in [0.3, 0.4) is 0 Å². The summed E-state index contributed by atoms with van der Waals surface area (Å²) in [6.45, 7) is -3.50. The van der Waals surface area contributed by atoms with Gasteiger partial charge in [-0.1, -0.05) is 0 Å². The Morgan fingerprint density at radius 2 is 1.79 bits per heavy atom. The zero-order chi connectivity index (χ0) is 24.4. The fourth-order valence-electron chi connectivity index (χ4n) is 3.02. The van der Waals surface area contributed by atoms with E-state index in [1.165, 1.54) is 42.7 Å². The third-order valence-electron chi connectivity index (χ3n) is 4.62. The number of carbonyl (C=O) groups is 1. The lowest BCUT2D eigenvalue weighted by Gasteiger charge is -2.06. The van der Waals surface area contributed by atoms with E-state index in [1.54, 1.807) is 0 Å². The molecule has 2 aromatic heterocycles. The number of aromatic nitrogens is 4. The first-order valence-corrected chi connectivity index (χ1v) is 9.47. The van der Waals surface area contributed by atoms with Crippen LogP contribution in [-0.2, 0) is 6.54 Å².